The molecule has 0 unspecified atom stereocenters. The highest BCUT2D eigenvalue weighted by Crippen LogP contribution is 2.10. The van der Waals surface area contributed by atoms with E-state index in [1.54, 1.807) is 19.1 Å². The Hall–Kier alpha value is -0.670. The molecule has 1 aromatic rings. The Morgan fingerprint density at radius 3 is 2.64 bits per heavy atom. The van der Waals surface area contributed by atoms with Crippen LogP contribution < -0.4 is 5.32 Å². The average Bonchev–Trinajstić information content (AvgIpc) is 2.70. The lowest BCUT2D eigenvalue weighted by Gasteiger charge is -2.25. The number of amides is 1. The molecule has 0 bridgehead atoms. The number of nitrogens with one attached hydrogen (secondary N) is 1. The third-order valence-electron chi connectivity index (χ3n) is 1.75. The molecule has 0 saturated heterocycles. The molecule has 0 aliphatic carbocycles. The van der Waals surface area contributed by atoms with Crippen LogP contribution in [-0.4, -0.2) is 23.2 Å². The van der Waals surface area contributed by atoms with E-state index < -0.39 is 5.54 Å². The van der Waals surface area contributed by atoms with Gasteiger partial charge in [-0.05, 0) is 19.1 Å². The van der Waals surface area contributed by atoms with E-state index in [4.69, 9.17) is 27.6 Å². The first kappa shape index (κ1) is 11.4. The highest BCUT2D eigenvalue weighted by molar-refractivity contribution is 6.22. The van der Waals surface area contributed by atoms with Gasteiger partial charge in [0.05, 0.1) is 11.8 Å². The number of halogens is 2. The minimum atomic E-state index is -0.604. The van der Waals surface area contributed by atoms with Gasteiger partial charge in [0.15, 0.2) is 5.76 Å². The molecule has 0 aromatic carbocycles. The Morgan fingerprint density at radius 1 is 1.57 bits per heavy atom. The van der Waals surface area contributed by atoms with Crippen molar-refractivity contribution in [3.05, 3.63) is 24.2 Å². The van der Waals surface area contributed by atoms with Crippen molar-refractivity contribution >= 4 is 29.1 Å². The van der Waals surface area contributed by atoms with Crippen molar-refractivity contribution < 1.29 is 9.21 Å². The normalized spacial score (nSPS) is 11.4. The fraction of sp³-hybridized carbons (Fsp3) is 0.444. The summed E-state index contributed by atoms with van der Waals surface area (Å²) in [6, 6.07) is 3.23. The first-order valence-corrected chi connectivity index (χ1v) is 5.16. The fourth-order valence-electron chi connectivity index (χ4n) is 0.846. The molecule has 0 fully saturated rings. The van der Waals surface area contributed by atoms with Crippen LogP contribution in [-0.2, 0) is 0 Å². The van der Waals surface area contributed by atoms with Gasteiger partial charge >= 0.3 is 0 Å². The molecule has 0 radical (unpaired) electrons. The van der Waals surface area contributed by atoms with Gasteiger partial charge in [0, 0.05) is 11.8 Å². The third-order valence-corrected chi connectivity index (χ3v) is 2.93. The van der Waals surface area contributed by atoms with Crippen LogP contribution in [0.3, 0.4) is 0 Å². The minimum Gasteiger partial charge on any atom is -0.459 e. The van der Waals surface area contributed by atoms with Crippen molar-refractivity contribution in [3.63, 3.8) is 0 Å². The molecule has 1 amide bonds. The highest BCUT2D eigenvalue weighted by atomic mass is 35.5. The van der Waals surface area contributed by atoms with Crippen LogP contribution in [0.25, 0.3) is 0 Å². The summed E-state index contributed by atoms with van der Waals surface area (Å²) in [7, 11) is 0. The van der Waals surface area contributed by atoms with Gasteiger partial charge in [-0.2, -0.15) is 0 Å². The number of alkyl halides is 2. The van der Waals surface area contributed by atoms with E-state index in [1.807, 2.05) is 0 Å². The van der Waals surface area contributed by atoms with Gasteiger partial charge in [-0.15, -0.1) is 23.2 Å². The lowest BCUT2D eigenvalue weighted by Crippen LogP contribution is -2.49. The zero-order valence-electron chi connectivity index (χ0n) is 7.72. The Morgan fingerprint density at radius 2 is 2.21 bits per heavy atom. The van der Waals surface area contributed by atoms with Gasteiger partial charge in [-0.3, -0.25) is 4.79 Å². The van der Waals surface area contributed by atoms with Crippen LogP contribution in [0.5, 0.6) is 0 Å². The molecule has 0 aliphatic rings. The minimum absolute atomic E-state index is 0.253. The lowest BCUT2D eigenvalue weighted by atomic mass is 10.1. The smallest absolute Gasteiger partial charge is 0.287 e. The van der Waals surface area contributed by atoms with Gasteiger partial charge < -0.3 is 9.73 Å². The number of furan rings is 1. The van der Waals surface area contributed by atoms with Gasteiger partial charge in [0.1, 0.15) is 0 Å². The molecule has 0 atom stereocenters. The topological polar surface area (TPSA) is 42.2 Å². The zero-order chi connectivity index (χ0) is 10.6. The predicted octanol–water partition coefficient (Wildman–Crippen LogP) is 2.25. The van der Waals surface area contributed by atoms with Crippen molar-refractivity contribution in [1.82, 2.24) is 5.32 Å². The van der Waals surface area contributed by atoms with E-state index >= 15 is 0 Å². The molecular weight excluding hydrogens is 225 g/mol. The van der Waals surface area contributed by atoms with Gasteiger partial charge in [0.25, 0.3) is 5.91 Å². The molecule has 5 heteroatoms. The van der Waals surface area contributed by atoms with Crippen LogP contribution in [0, 0.1) is 0 Å². The highest BCUT2D eigenvalue weighted by Gasteiger charge is 2.25. The molecule has 0 spiro atoms. The second-order valence-corrected chi connectivity index (χ2v) is 3.79. The Labute approximate surface area is 92.4 Å². The van der Waals surface area contributed by atoms with Crippen LogP contribution in [0.1, 0.15) is 17.5 Å². The molecular formula is C9H11Cl2NO2. The quantitative estimate of drug-likeness (QED) is 0.814. The monoisotopic (exact) mass is 235 g/mol. The lowest BCUT2D eigenvalue weighted by molar-refractivity contribution is 0.0893. The summed E-state index contributed by atoms with van der Waals surface area (Å²) in [5.41, 5.74) is -0.604. The van der Waals surface area contributed by atoms with Crippen molar-refractivity contribution in [2.45, 2.75) is 12.5 Å². The van der Waals surface area contributed by atoms with E-state index in [1.165, 1.54) is 6.26 Å². The molecule has 1 rings (SSSR count). The number of carbonyl (C=O) groups excluding carboxylic acids is 1. The zero-order valence-corrected chi connectivity index (χ0v) is 9.23. The van der Waals surface area contributed by atoms with Crippen LogP contribution in [0.2, 0.25) is 0 Å². The molecule has 78 valence electrons. The standard InChI is InChI=1S/C9H11Cl2NO2/c1-9(5-10,6-11)12-8(13)7-3-2-4-14-7/h2-4H,5-6H2,1H3,(H,12,13). The van der Waals surface area contributed by atoms with E-state index in [2.05, 4.69) is 5.32 Å². The van der Waals surface area contributed by atoms with E-state index in [9.17, 15) is 4.79 Å². The largest absolute Gasteiger partial charge is 0.459 e. The summed E-state index contributed by atoms with van der Waals surface area (Å²) in [4.78, 5) is 11.5. The second kappa shape index (κ2) is 4.71. The first-order valence-electron chi connectivity index (χ1n) is 4.09. The van der Waals surface area contributed by atoms with Crippen LogP contribution in [0.4, 0.5) is 0 Å². The third kappa shape index (κ3) is 2.66. The van der Waals surface area contributed by atoms with Gasteiger partial charge in [-0.1, -0.05) is 0 Å². The van der Waals surface area contributed by atoms with Crippen molar-refractivity contribution in [3.8, 4) is 0 Å². The number of carbonyl (C=O) groups is 1. The summed E-state index contributed by atoms with van der Waals surface area (Å²) < 4.78 is 4.93. The predicted molar refractivity (Wildman–Crippen MR) is 56.0 cm³/mol. The molecule has 1 heterocycles. The van der Waals surface area contributed by atoms with Crippen molar-refractivity contribution in [1.29, 1.82) is 0 Å². The molecule has 0 saturated carbocycles. The summed E-state index contributed by atoms with van der Waals surface area (Å²) in [6.45, 7) is 1.77. The molecule has 1 aromatic heterocycles. The van der Waals surface area contributed by atoms with Gasteiger partial charge in [0.2, 0.25) is 0 Å². The number of hydrogen-bond acceptors (Lipinski definition) is 2. The molecule has 1 N–H and O–H groups in total. The Kier molecular flexibility index (Phi) is 3.84. The van der Waals surface area contributed by atoms with E-state index in [0.717, 1.165) is 0 Å². The Balaban J connectivity index is 2.65. The number of hydrogen-bond donors (Lipinski definition) is 1. The summed E-state index contributed by atoms with van der Waals surface area (Å²) in [5, 5.41) is 2.70. The second-order valence-electron chi connectivity index (χ2n) is 3.26. The fourth-order valence-corrected chi connectivity index (χ4v) is 1.27. The SMILES string of the molecule is CC(CCl)(CCl)NC(=O)c1ccco1. The molecule has 14 heavy (non-hydrogen) atoms. The summed E-state index contributed by atoms with van der Waals surface area (Å²) in [6.07, 6.45) is 1.44. The van der Waals surface area contributed by atoms with Gasteiger partial charge in [-0.25, -0.2) is 0 Å². The summed E-state index contributed by atoms with van der Waals surface area (Å²) >= 11 is 11.4. The first-order chi connectivity index (χ1) is 6.61. The van der Waals surface area contributed by atoms with Crippen LogP contribution in [0.15, 0.2) is 22.8 Å². The number of rotatable bonds is 4. The summed E-state index contributed by atoms with van der Waals surface area (Å²) in [5.74, 6) is 0.455. The van der Waals surface area contributed by atoms with Crippen molar-refractivity contribution in [2.75, 3.05) is 11.8 Å². The molecule has 3 nitrogen and oxygen atoms in total. The molecule has 0 aliphatic heterocycles. The van der Waals surface area contributed by atoms with E-state index in [-0.39, 0.29) is 23.4 Å². The average molecular weight is 236 g/mol. The maximum absolute atomic E-state index is 11.5. The van der Waals surface area contributed by atoms with Crippen LogP contribution >= 0.6 is 23.2 Å². The van der Waals surface area contributed by atoms with E-state index in [0.29, 0.717) is 0 Å². The Bertz CT molecular complexity index is 294. The van der Waals surface area contributed by atoms with Crippen molar-refractivity contribution in [2.24, 2.45) is 0 Å². The maximum atomic E-state index is 11.5. The maximum Gasteiger partial charge on any atom is 0.287 e.